The fourth-order valence-electron chi connectivity index (χ4n) is 7.18. The van der Waals surface area contributed by atoms with Crippen LogP contribution in [0.25, 0.3) is 61.3 Å². The van der Waals surface area contributed by atoms with Crippen molar-refractivity contribution in [2.45, 2.75) is 98.3 Å². The van der Waals surface area contributed by atoms with E-state index in [4.69, 9.17) is 9.97 Å². The minimum absolute atomic E-state index is 0. The Morgan fingerprint density at radius 2 is 1.20 bits per heavy atom. The Morgan fingerprint density at radius 1 is 0.611 bits per heavy atom. The van der Waals surface area contributed by atoms with Crippen LogP contribution in [0, 0.1) is 6.07 Å². The minimum atomic E-state index is -0.124. The summed E-state index contributed by atoms with van der Waals surface area (Å²) in [5, 5.41) is 13.1. The van der Waals surface area contributed by atoms with Crippen molar-refractivity contribution in [3.05, 3.63) is 132 Å². The first-order valence-corrected chi connectivity index (χ1v) is 18.8. The number of rotatable bonds is 5. The van der Waals surface area contributed by atoms with Crippen LogP contribution in [0.1, 0.15) is 104 Å². The molecule has 0 aliphatic heterocycles. The third-order valence-corrected chi connectivity index (χ3v) is 10.5. The SMILES string of the molecule is CC(C)c1cc(C(C)(C)C)cc(-c2nc3c(-c4[c-]c(-c5cc(C(C)(C)C)cc6cccnc56)ccc4)cccc3n2-c2ccc(C(C)(C)C)cc2)c1O.[Pt]. The largest absolute Gasteiger partial charge is 0.507 e. The van der Waals surface area contributed by atoms with Gasteiger partial charge in [-0.15, -0.1) is 35.4 Å². The molecule has 7 rings (SSSR count). The van der Waals surface area contributed by atoms with E-state index in [1.54, 1.807) is 0 Å². The summed E-state index contributed by atoms with van der Waals surface area (Å²) in [4.78, 5) is 10.3. The second kappa shape index (κ2) is 14.3. The van der Waals surface area contributed by atoms with Crippen molar-refractivity contribution in [3.63, 3.8) is 0 Å². The smallest absolute Gasteiger partial charge is 0.148 e. The van der Waals surface area contributed by atoms with Crippen LogP contribution < -0.4 is 0 Å². The van der Waals surface area contributed by atoms with E-state index in [0.29, 0.717) is 5.82 Å². The maximum atomic E-state index is 12.0. The molecule has 0 aliphatic carbocycles. The summed E-state index contributed by atoms with van der Waals surface area (Å²) in [6, 6.07) is 38.3. The fraction of sp³-hybridized carbons (Fsp3) is 0.306. The Labute approximate surface area is 336 Å². The second-order valence-electron chi connectivity index (χ2n) is 17.9. The first-order valence-electron chi connectivity index (χ1n) is 18.8. The zero-order chi connectivity index (χ0) is 38.0. The summed E-state index contributed by atoms with van der Waals surface area (Å²) in [6.07, 6.45) is 1.87. The molecular formula is C49H52N3OPt-. The average Bonchev–Trinajstić information content (AvgIpc) is 3.49. The fourth-order valence-corrected chi connectivity index (χ4v) is 7.18. The van der Waals surface area contributed by atoms with Crippen molar-refractivity contribution in [3.8, 4) is 45.1 Å². The molecule has 1 N–H and O–H groups in total. The number of fused-ring (bicyclic) bond motifs is 2. The van der Waals surface area contributed by atoms with Gasteiger partial charge in [-0.3, -0.25) is 9.55 Å². The minimum Gasteiger partial charge on any atom is -0.507 e. The Balaban J connectivity index is 0.00000497. The van der Waals surface area contributed by atoms with E-state index in [2.05, 4.69) is 178 Å². The summed E-state index contributed by atoms with van der Waals surface area (Å²) >= 11 is 0. The summed E-state index contributed by atoms with van der Waals surface area (Å²) in [6.45, 7) is 24.4. The number of aromatic hydroxyl groups is 1. The number of phenols is 1. The molecule has 5 heteroatoms. The number of para-hydroxylation sites is 1. The quantitative estimate of drug-likeness (QED) is 0.175. The molecule has 0 saturated carbocycles. The molecule has 0 fully saturated rings. The molecule has 0 unspecified atom stereocenters. The Morgan fingerprint density at radius 3 is 1.83 bits per heavy atom. The van der Waals surface area contributed by atoms with Crippen molar-refractivity contribution < 1.29 is 26.2 Å². The monoisotopic (exact) mass is 893 g/mol. The van der Waals surface area contributed by atoms with E-state index in [1.165, 1.54) is 11.1 Å². The van der Waals surface area contributed by atoms with Crippen LogP contribution in [0.15, 0.2) is 103 Å². The van der Waals surface area contributed by atoms with Gasteiger partial charge in [0.1, 0.15) is 11.6 Å². The van der Waals surface area contributed by atoms with E-state index >= 15 is 0 Å². The van der Waals surface area contributed by atoms with E-state index < -0.39 is 0 Å². The van der Waals surface area contributed by atoms with Gasteiger partial charge in [0, 0.05) is 38.5 Å². The molecule has 7 aromatic rings. The third kappa shape index (κ3) is 7.30. The molecule has 2 heterocycles. The van der Waals surface area contributed by atoms with Gasteiger partial charge >= 0.3 is 0 Å². The summed E-state index contributed by atoms with van der Waals surface area (Å²) < 4.78 is 2.21. The molecule has 4 nitrogen and oxygen atoms in total. The standard InChI is InChI=1S/C49H52N3O.Pt/c1-30(2)39-27-36(49(9,10)11)29-41(45(39)53)46-51-44-38(18-13-19-42(44)52(46)37-22-20-34(21-23-37)47(3,4)5)31-15-12-16-32(25-31)40-28-35(48(6,7)8)26-33-17-14-24-50-43(33)40;/h12-24,26-30,53H,1-11H3;/q-1;. The van der Waals surface area contributed by atoms with Crippen molar-refractivity contribution in [2.75, 3.05) is 0 Å². The Kier molecular flexibility index (Phi) is 10.4. The van der Waals surface area contributed by atoms with Crippen molar-refractivity contribution in [1.82, 2.24) is 14.5 Å². The molecule has 0 spiro atoms. The molecule has 0 saturated heterocycles. The van der Waals surface area contributed by atoms with Gasteiger partial charge < -0.3 is 5.11 Å². The van der Waals surface area contributed by atoms with Crippen LogP contribution in [0.5, 0.6) is 5.75 Å². The van der Waals surface area contributed by atoms with E-state index in [1.807, 2.05) is 12.3 Å². The number of aromatic nitrogens is 3. The number of hydrogen-bond donors (Lipinski definition) is 1. The number of benzene rings is 5. The maximum absolute atomic E-state index is 12.0. The van der Waals surface area contributed by atoms with Gasteiger partial charge in [0.25, 0.3) is 0 Å². The van der Waals surface area contributed by atoms with Crippen LogP contribution in [-0.4, -0.2) is 19.6 Å². The number of imidazole rings is 1. The topological polar surface area (TPSA) is 50.9 Å². The molecular weight excluding hydrogens is 842 g/mol. The molecule has 5 aromatic carbocycles. The van der Waals surface area contributed by atoms with Crippen LogP contribution in [0.4, 0.5) is 0 Å². The Hall–Kier alpha value is -4.53. The van der Waals surface area contributed by atoms with E-state index in [0.717, 1.165) is 66.6 Å². The number of nitrogens with zero attached hydrogens (tertiary/aromatic N) is 3. The number of hydrogen-bond acceptors (Lipinski definition) is 3. The van der Waals surface area contributed by atoms with Gasteiger partial charge in [0.2, 0.25) is 0 Å². The van der Waals surface area contributed by atoms with Crippen LogP contribution in [-0.2, 0) is 37.3 Å². The average molecular weight is 894 g/mol. The van der Waals surface area contributed by atoms with Crippen molar-refractivity contribution >= 4 is 21.9 Å². The van der Waals surface area contributed by atoms with Crippen molar-refractivity contribution in [1.29, 1.82) is 0 Å². The maximum Gasteiger partial charge on any atom is 0.148 e. The zero-order valence-corrected chi connectivity index (χ0v) is 35.8. The molecule has 2 aromatic heterocycles. The molecule has 0 atom stereocenters. The van der Waals surface area contributed by atoms with Gasteiger partial charge in [-0.2, -0.15) is 0 Å². The first kappa shape index (κ1) is 39.2. The zero-order valence-electron chi connectivity index (χ0n) is 33.5. The van der Waals surface area contributed by atoms with E-state index in [9.17, 15) is 5.11 Å². The van der Waals surface area contributed by atoms with Gasteiger partial charge in [0.05, 0.1) is 16.6 Å². The number of pyridine rings is 1. The first-order chi connectivity index (χ1) is 24.9. The summed E-state index contributed by atoms with van der Waals surface area (Å²) in [5.74, 6) is 1.13. The predicted molar refractivity (Wildman–Crippen MR) is 223 cm³/mol. The van der Waals surface area contributed by atoms with Crippen LogP contribution >= 0.6 is 0 Å². The van der Waals surface area contributed by atoms with Gasteiger partial charge in [-0.05, 0) is 80.1 Å². The predicted octanol–water partition coefficient (Wildman–Crippen LogP) is 13.1. The number of phenolic OH excluding ortho intramolecular Hbond substituents is 1. The van der Waals surface area contributed by atoms with Crippen LogP contribution in [0.3, 0.4) is 0 Å². The summed E-state index contributed by atoms with van der Waals surface area (Å²) in [7, 11) is 0. The summed E-state index contributed by atoms with van der Waals surface area (Å²) in [5.41, 5.74) is 13.0. The molecule has 0 amide bonds. The molecule has 54 heavy (non-hydrogen) atoms. The Bertz CT molecular complexity index is 2490. The van der Waals surface area contributed by atoms with Gasteiger partial charge in [-0.25, -0.2) is 4.98 Å². The molecule has 0 bridgehead atoms. The second-order valence-corrected chi connectivity index (χ2v) is 17.9. The normalized spacial score (nSPS) is 12.4. The van der Waals surface area contributed by atoms with Crippen molar-refractivity contribution in [2.24, 2.45) is 0 Å². The third-order valence-electron chi connectivity index (χ3n) is 10.5. The van der Waals surface area contributed by atoms with E-state index in [-0.39, 0.29) is 49.0 Å². The molecule has 280 valence electrons. The molecule has 0 aliphatic rings. The van der Waals surface area contributed by atoms with Gasteiger partial charge in [-0.1, -0.05) is 136 Å². The van der Waals surface area contributed by atoms with Crippen LogP contribution in [0.2, 0.25) is 0 Å². The van der Waals surface area contributed by atoms with Gasteiger partial charge in [0.15, 0.2) is 0 Å². The molecule has 0 radical (unpaired) electrons.